The van der Waals surface area contributed by atoms with Crippen LogP contribution in [0.15, 0.2) is 0 Å². The molecular weight excluding hydrogens is 184 g/mol. The summed E-state index contributed by atoms with van der Waals surface area (Å²) in [5.41, 5.74) is 0.353. The first kappa shape index (κ1) is 11.4. The van der Waals surface area contributed by atoms with Crippen LogP contribution in [-0.2, 0) is 0 Å². The third-order valence-electron chi connectivity index (χ3n) is 4.52. The van der Waals surface area contributed by atoms with Crippen molar-refractivity contribution in [3.63, 3.8) is 0 Å². The van der Waals surface area contributed by atoms with Gasteiger partial charge in [0.1, 0.15) is 0 Å². The Morgan fingerprint density at radius 2 is 2.00 bits per heavy atom. The molecule has 0 bridgehead atoms. The number of nitrogens with zero attached hydrogens (tertiary/aromatic N) is 1. The molecule has 1 aliphatic carbocycles. The molecule has 1 heterocycles. The van der Waals surface area contributed by atoms with Crippen molar-refractivity contribution in [2.75, 3.05) is 13.1 Å². The summed E-state index contributed by atoms with van der Waals surface area (Å²) in [4.78, 5) is 2.75. The molecule has 2 heteroatoms. The molecule has 15 heavy (non-hydrogen) atoms. The van der Waals surface area contributed by atoms with E-state index in [1.54, 1.807) is 0 Å². The van der Waals surface area contributed by atoms with Gasteiger partial charge in [-0.1, -0.05) is 13.8 Å². The Balaban J connectivity index is 1.97. The molecule has 2 atom stereocenters. The first-order chi connectivity index (χ1) is 7.04. The van der Waals surface area contributed by atoms with E-state index >= 15 is 0 Å². The van der Waals surface area contributed by atoms with E-state index in [4.69, 9.17) is 0 Å². The summed E-state index contributed by atoms with van der Waals surface area (Å²) in [6.07, 6.45) is 4.08. The quantitative estimate of drug-likeness (QED) is 0.752. The molecule has 0 radical (unpaired) electrons. The summed E-state index contributed by atoms with van der Waals surface area (Å²) in [7, 11) is 0. The van der Waals surface area contributed by atoms with Crippen molar-refractivity contribution in [3.8, 4) is 0 Å². The second kappa shape index (κ2) is 4.06. The second-order valence-electron chi connectivity index (χ2n) is 6.05. The minimum absolute atomic E-state index is 0.353. The highest BCUT2D eigenvalue weighted by molar-refractivity contribution is 4.98. The van der Waals surface area contributed by atoms with Gasteiger partial charge in [0.05, 0.1) is 0 Å². The Morgan fingerprint density at radius 3 is 2.53 bits per heavy atom. The minimum Gasteiger partial charge on any atom is -0.309 e. The molecule has 0 aromatic heterocycles. The van der Waals surface area contributed by atoms with Crippen molar-refractivity contribution < 1.29 is 0 Å². The van der Waals surface area contributed by atoms with Crippen molar-refractivity contribution >= 4 is 0 Å². The van der Waals surface area contributed by atoms with Crippen LogP contribution in [0.25, 0.3) is 0 Å². The minimum atomic E-state index is 0.353. The van der Waals surface area contributed by atoms with Crippen molar-refractivity contribution in [2.24, 2.45) is 5.92 Å². The van der Waals surface area contributed by atoms with Gasteiger partial charge in [-0.3, -0.25) is 4.90 Å². The maximum absolute atomic E-state index is 3.70. The van der Waals surface area contributed by atoms with Crippen LogP contribution < -0.4 is 5.32 Å². The standard InChI is InChI=1S/C13H26N2/c1-5-13(4)9-15(11(3)8-14-13)12-6-10(2)7-12/h10-12,14H,5-9H2,1-4H3. The van der Waals surface area contributed by atoms with Crippen LogP contribution in [-0.4, -0.2) is 35.6 Å². The molecule has 2 nitrogen and oxygen atoms in total. The van der Waals surface area contributed by atoms with Crippen LogP contribution in [0.2, 0.25) is 0 Å². The fourth-order valence-electron chi connectivity index (χ4n) is 2.98. The lowest BCUT2D eigenvalue weighted by atomic mass is 9.78. The molecule has 0 aromatic carbocycles. The molecular formula is C13H26N2. The molecule has 2 rings (SSSR count). The van der Waals surface area contributed by atoms with Crippen molar-refractivity contribution in [3.05, 3.63) is 0 Å². The lowest BCUT2D eigenvalue weighted by Crippen LogP contribution is -2.65. The van der Waals surface area contributed by atoms with Crippen molar-refractivity contribution in [1.82, 2.24) is 10.2 Å². The molecule has 2 aliphatic rings. The molecule has 88 valence electrons. The van der Waals surface area contributed by atoms with E-state index < -0.39 is 0 Å². The maximum Gasteiger partial charge on any atom is 0.0278 e. The van der Waals surface area contributed by atoms with Crippen molar-refractivity contribution in [1.29, 1.82) is 0 Å². The highest BCUT2D eigenvalue weighted by Crippen LogP contribution is 2.34. The molecule has 0 amide bonds. The SMILES string of the molecule is CCC1(C)CN(C2CC(C)C2)C(C)CN1. The molecule has 0 spiro atoms. The summed E-state index contributed by atoms with van der Waals surface area (Å²) in [5, 5.41) is 3.70. The van der Waals surface area contributed by atoms with Gasteiger partial charge in [-0.05, 0) is 39.0 Å². The zero-order valence-corrected chi connectivity index (χ0v) is 10.7. The predicted molar refractivity (Wildman–Crippen MR) is 65.1 cm³/mol. The topological polar surface area (TPSA) is 15.3 Å². The van der Waals surface area contributed by atoms with Crippen LogP contribution in [0.5, 0.6) is 0 Å². The molecule has 0 aromatic rings. The van der Waals surface area contributed by atoms with Crippen LogP contribution >= 0.6 is 0 Å². The van der Waals surface area contributed by atoms with Gasteiger partial charge in [0.2, 0.25) is 0 Å². The van der Waals surface area contributed by atoms with Gasteiger partial charge in [-0.25, -0.2) is 0 Å². The summed E-state index contributed by atoms with van der Waals surface area (Å²) >= 11 is 0. The third-order valence-corrected chi connectivity index (χ3v) is 4.52. The van der Waals surface area contributed by atoms with Crippen LogP contribution in [0, 0.1) is 5.92 Å². The van der Waals surface area contributed by atoms with Gasteiger partial charge in [0.25, 0.3) is 0 Å². The number of nitrogens with one attached hydrogen (secondary N) is 1. The maximum atomic E-state index is 3.70. The molecule has 1 saturated carbocycles. The number of hydrogen-bond acceptors (Lipinski definition) is 2. The van der Waals surface area contributed by atoms with E-state index in [0.29, 0.717) is 5.54 Å². The summed E-state index contributed by atoms with van der Waals surface area (Å²) in [6.45, 7) is 11.8. The number of hydrogen-bond donors (Lipinski definition) is 1. The van der Waals surface area contributed by atoms with Crippen LogP contribution in [0.4, 0.5) is 0 Å². The van der Waals surface area contributed by atoms with Gasteiger partial charge in [-0.15, -0.1) is 0 Å². The molecule has 1 saturated heterocycles. The Morgan fingerprint density at radius 1 is 1.33 bits per heavy atom. The van der Waals surface area contributed by atoms with Crippen LogP contribution in [0.3, 0.4) is 0 Å². The van der Waals surface area contributed by atoms with E-state index in [1.165, 1.54) is 25.8 Å². The lowest BCUT2D eigenvalue weighted by molar-refractivity contribution is 0.00192. The van der Waals surface area contributed by atoms with Gasteiger partial charge >= 0.3 is 0 Å². The average Bonchev–Trinajstić information content (AvgIpc) is 2.18. The Bertz CT molecular complexity index is 223. The first-order valence-electron chi connectivity index (χ1n) is 6.55. The largest absolute Gasteiger partial charge is 0.309 e. The summed E-state index contributed by atoms with van der Waals surface area (Å²) in [6, 6.07) is 1.60. The van der Waals surface area contributed by atoms with E-state index in [0.717, 1.165) is 24.5 Å². The van der Waals surface area contributed by atoms with Gasteiger partial charge in [0.15, 0.2) is 0 Å². The summed E-state index contributed by atoms with van der Waals surface area (Å²) < 4.78 is 0. The third kappa shape index (κ3) is 2.21. The second-order valence-corrected chi connectivity index (χ2v) is 6.05. The Hall–Kier alpha value is -0.0800. The van der Waals surface area contributed by atoms with E-state index in [9.17, 15) is 0 Å². The first-order valence-corrected chi connectivity index (χ1v) is 6.55. The fourth-order valence-corrected chi connectivity index (χ4v) is 2.98. The predicted octanol–water partition coefficient (Wildman–Crippen LogP) is 2.25. The normalized spacial score (nSPS) is 47.6. The van der Waals surface area contributed by atoms with Crippen molar-refractivity contribution in [2.45, 2.75) is 64.6 Å². The molecule has 1 N–H and O–H groups in total. The zero-order valence-electron chi connectivity index (χ0n) is 10.7. The smallest absolute Gasteiger partial charge is 0.0278 e. The monoisotopic (exact) mass is 210 g/mol. The lowest BCUT2D eigenvalue weighted by Gasteiger charge is -2.52. The van der Waals surface area contributed by atoms with Gasteiger partial charge in [-0.2, -0.15) is 0 Å². The molecule has 2 fully saturated rings. The Labute approximate surface area is 94.4 Å². The highest BCUT2D eigenvalue weighted by atomic mass is 15.3. The molecule has 2 unspecified atom stereocenters. The Kier molecular flexibility index (Phi) is 3.09. The van der Waals surface area contributed by atoms with Gasteiger partial charge in [0, 0.05) is 30.7 Å². The highest BCUT2D eigenvalue weighted by Gasteiger charge is 2.39. The molecule has 1 aliphatic heterocycles. The van der Waals surface area contributed by atoms with Crippen LogP contribution in [0.1, 0.15) is 47.0 Å². The zero-order chi connectivity index (χ0) is 11.1. The van der Waals surface area contributed by atoms with E-state index in [1.807, 2.05) is 0 Å². The average molecular weight is 210 g/mol. The van der Waals surface area contributed by atoms with E-state index in [-0.39, 0.29) is 0 Å². The van der Waals surface area contributed by atoms with Gasteiger partial charge < -0.3 is 5.32 Å². The number of rotatable bonds is 2. The van der Waals surface area contributed by atoms with E-state index in [2.05, 4.69) is 37.9 Å². The summed E-state index contributed by atoms with van der Waals surface area (Å²) in [5.74, 6) is 0.963. The fraction of sp³-hybridized carbons (Fsp3) is 1.00. The number of piperazine rings is 1.